The molecule has 1 atom stereocenters. The zero-order valence-corrected chi connectivity index (χ0v) is 8.14. The van der Waals surface area contributed by atoms with E-state index in [0.29, 0.717) is 25.6 Å². The Hall–Kier alpha value is -1.27. The van der Waals surface area contributed by atoms with E-state index in [1.54, 1.807) is 0 Å². The van der Waals surface area contributed by atoms with Crippen molar-refractivity contribution < 1.29 is 14.2 Å². The summed E-state index contributed by atoms with van der Waals surface area (Å²) in [6.07, 6.45) is 2.05. The molecule has 1 saturated heterocycles. The van der Waals surface area contributed by atoms with E-state index >= 15 is 0 Å². The molecule has 1 aliphatic heterocycles. The number of nitrogens with zero attached hydrogens (tertiary/aromatic N) is 3. The number of hydrogen-bond donors (Lipinski definition) is 1. The van der Waals surface area contributed by atoms with E-state index in [-0.39, 0.29) is 12.7 Å². The first-order chi connectivity index (χ1) is 7.29. The van der Waals surface area contributed by atoms with E-state index in [2.05, 4.69) is 9.97 Å². The van der Waals surface area contributed by atoms with Gasteiger partial charge in [0, 0.05) is 13.1 Å². The zero-order valence-electron chi connectivity index (χ0n) is 8.14. The molecule has 0 spiro atoms. The van der Waals surface area contributed by atoms with Crippen LogP contribution in [-0.2, 0) is 4.74 Å². The molecule has 0 bridgehead atoms. The van der Waals surface area contributed by atoms with Gasteiger partial charge in [0.25, 0.3) is 0 Å². The van der Waals surface area contributed by atoms with Gasteiger partial charge in [-0.15, -0.1) is 0 Å². The van der Waals surface area contributed by atoms with Gasteiger partial charge in [-0.1, -0.05) is 0 Å². The third kappa shape index (κ3) is 2.40. The fourth-order valence-electron chi connectivity index (χ4n) is 1.48. The van der Waals surface area contributed by atoms with Gasteiger partial charge < -0.3 is 14.7 Å². The van der Waals surface area contributed by atoms with Gasteiger partial charge in [-0.2, -0.15) is 0 Å². The third-order valence-electron chi connectivity index (χ3n) is 2.23. The maximum Gasteiger partial charge on any atom is 0.225 e. The Labute approximate surface area is 86.5 Å². The minimum Gasteiger partial charge on any atom is -0.394 e. The Morgan fingerprint density at radius 3 is 2.93 bits per heavy atom. The molecule has 1 aliphatic rings. The molecule has 15 heavy (non-hydrogen) atoms. The van der Waals surface area contributed by atoms with Crippen LogP contribution in [0.15, 0.2) is 12.4 Å². The van der Waals surface area contributed by atoms with Crippen molar-refractivity contribution in [2.75, 3.05) is 31.2 Å². The monoisotopic (exact) mass is 213 g/mol. The van der Waals surface area contributed by atoms with Crippen LogP contribution in [-0.4, -0.2) is 47.5 Å². The average molecular weight is 213 g/mol. The summed E-state index contributed by atoms with van der Waals surface area (Å²) in [7, 11) is 0. The lowest BCUT2D eigenvalue weighted by Gasteiger charge is -2.31. The molecule has 0 saturated carbocycles. The van der Waals surface area contributed by atoms with Gasteiger partial charge in [0.1, 0.15) is 0 Å². The molecule has 0 radical (unpaired) electrons. The van der Waals surface area contributed by atoms with E-state index in [4.69, 9.17) is 9.84 Å². The highest BCUT2D eigenvalue weighted by atomic mass is 19.1. The normalized spacial score (nSPS) is 21.7. The van der Waals surface area contributed by atoms with Crippen LogP contribution >= 0.6 is 0 Å². The van der Waals surface area contributed by atoms with E-state index in [1.807, 2.05) is 4.90 Å². The van der Waals surface area contributed by atoms with Crippen LogP contribution in [0.4, 0.5) is 10.3 Å². The molecule has 1 aromatic rings. The summed E-state index contributed by atoms with van der Waals surface area (Å²) in [4.78, 5) is 9.61. The molecule has 6 heteroatoms. The van der Waals surface area contributed by atoms with Crippen LogP contribution in [0.1, 0.15) is 0 Å². The van der Waals surface area contributed by atoms with Crippen molar-refractivity contribution in [1.29, 1.82) is 0 Å². The molecule has 82 valence electrons. The lowest BCUT2D eigenvalue weighted by Crippen LogP contribution is -2.44. The highest BCUT2D eigenvalue weighted by Gasteiger charge is 2.21. The molecule has 1 N–H and O–H groups in total. The summed E-state index contributed by atoms with van der Waals surface area (Å²) < 4.78 is 17.9. The van der Waals surface area contributed by atoms with Crippen molar-refractivity contribution in [3.05, 3.63) is 18.2 Å². The van der Waals surface area contributed by atoms with Crippen molar-refractivity contribution in [2.24, 2.45) is 0 Å². The summed E-state index contributed by atoms with van der Waals surface area (Å²) in [6.45, 7) is 1.67. The largest absolute Gasteiger partial charge is 0.394 e. The van der Waals surface area contributed by atoms with E-state index < -0.39 is 5.82 Å². The van der Waals surface area contributed by atoms with Crippen LogP contribution in [0, 0.1) is 5.82 Å². The number of morpholine rings is 1. The first-order valence-corrected chi connectivity index (χ1v) is 4.74. The van der Waals surface area contributed by atoms with Gasteiger partial charge in [-0.25, -0.2) is 14.4 Å². The Balaban J connectivity index is 2.06. The van der Waals surface area contributed by atoms with Crippen molar-refractivity contribution in [3.63, 3.8) is 0 Å². The first-order valence-electron chi connectivity index (χ1n) is 4.74. The highest BCUT2D eigenvalue weighted by Crippen LogP contribution is 2.11. The SMILES string of the molecule is OCC1CN(c2ncc(F)cn2)CCO1. The number of aliphatic hydroxyl groups excluding tert-OH is 1. The summed E-state index contributed by atoms with van der Waals surface area (Å²) in [5, 5.41) is 8.95. The van der Waals surface area contributed by atoms with E-state index in [9.17, 15) is 4.39 Å². The molecule has 1 fully saturated rings. The molecule has 5 nitrogen and oxygen atoms in total. The van der Waals surface area contributed by atoms with E-state index in [0.717, 1.165) is 12.4 Å². The van der Waals surface area contributed by atoms with Crippen molar-refractivity contribution >= 4 is 5.95 Å². The lowest BCUT2D eigenvalue weighted by molar-refractivity contribution is 0.00313. The van der Waals surface area contributed by atoms with Crippen LogP contribution in [0.25, 0.3) is 0 Å². The minimum absolute atomic E-state index is 0.0301. The quantitative estimate of drug-likeness (QED) is 0.738. The summed E-state index contributed by atoms with van der Waals surface area (Å²) in [6, 6.07) is 0. The number of hydrogen-bond acceptors (Lipinski definition) is 5. The highest BCUT2D eigenvalue weighted by molar-refractivity contribution is 5.29. The molecule has 0 aliphatic carbocycles. The molecule has 0 aromatic carbocycles. The molecular weight excluding hydrogens is 201 g/mol. The molecule has 1 unspecified atom stereocenters. The number of ether oxygens (including phenoxy) is 1. The Kier molecular flexibility index (Phi) is 3.08. The van der Waals surface area contributed by atoms with Crippen LogP contribution in [0.5, 0.6) is 0 Å². The second kappa shape index (κ2) is 4.50. The smallest absolute Gasteiger partial charge is 0.225 e. The van der Waals surface area contributed by atoms with Crippen LogP contribution in [0.3, 0.4) is 0 Å². The Morgan fingerprint density at radius 1 is 1.53 bits per heavy atom. The van der Waals surface area contributed by atoms with Gasteiger partial charge in [0.05, 0.1) is 31.7 Å². The van der Waals surface area contributed by atoms with Crippen molar-refractivity contribution in [1.82, 2.24) is 9.97 Å². The molecule has 1 aromatic heterocycles. The fourth-order valence-corrected chi connectivity index (χ4v) is 1.48. The van der Waals surface area contributed by atoms with Crippen LogP contribution < -0.4 is 4.90 Å². The summed E-state index contributed by atoms with van der Waals surface area (Å²) >= 11 is 0. The van der Waals surface area contributed by atoms with Gasteiger partial charge in [-0.05, 0) is 0 Å². The number of halogens is 1. The minimum atomic E-state index is -0.453. The maximum absolute atomic E-state index is 12.6. The number of aliphatic hydroxyl groups is 1. The predicted octanol–water partition coefficient (Wildman–Crippen LogP) is -0.187. The van der Waals surface area contributed by atoms with Crippen LogP contribution in [0.2, 0.25) is 0 Å². The average Bonchev–Trinajstić information content (AvgIpc) is 2.30. The Morgan fingerprint density at radius 2 is 2.27 bits per heavy atom. The zero-order chi connectivity index (χ0) is 10.7. The summed E-state index contributed by atoms with van der Waals surface area (Å²) in [5.41, 5.74) is 0. The number of aromatic nitrogens is 2. The topological polar surface area (TPSA) is 58.5 Å². The standard InChI is InChI=1S/C9H12FN3O2/c10-7-3-11-9(12-4-7)13-1-2-15-8(5-13)6-14/h3-4,8,14H,1-2,5-6H2. The van der Waals surface area contributed by atoms with Crippen molar-refractivity contribution in [3.8, 4) is 0 Å². The molecule has 2 heterocycles. The first kappa shape index (κ1) is 10.3. The van der Waals surface area contributed by atoms with Gasteiger partial charge >= 0.3 is 0 Å². The second-order valence-corrected chi connectivity index (χ2v) is 3.32. The van der Waals surface area contributed by atoms with Gasteiger partial charge in [0.2, 0.25) is 5.95 Å². The van der Waals surface area contributed by atoms with Crippen molar-refractivity contribution in [2.45, 2.75) is 6.10 Å². The third-order valence-corrected chi connectivity index (χ3v) is 2.23. The van der Waals surface area contributed by atoms with Gasteiger partial charge in [-0.3, -0.25) is 0 Å². The molecule has 2 rings (SSSR count). The second-order valence-electron chi connectivity index (χ2n) is 3.32. The number of rotatable bonds is 2. The predicted molar refractivity (Wildman–Crippen MR) is 51.0 cm³/mol. The molecule has 0 amide bonds. The van der Waals surface area contributed by atoms with E-state index in [1.165, 1.54) is 0 Å². The number of anilines is 1. The lowest BCUT2D eigenvalue weighted by atomic mass is 10.3. The molecular formula is C9H12FN3O2. The Bertz CT molecular complexity index is 320. The maximum atomic E-state index is 12.6. The summed E-state index contributed by atoms with van der Waals surface area (Å²) in [5.74, 6) is 0.0175. The fraction of sp³-hybridized carbons (Fsp3) is 0.556. The van der Waals surface area contributed by atoms with Gasteiger partial charge in [0.15, 0.2) is 5.82 Å².